The number of carbonyl (C=O) groups excluding carboxylic acids is 1. The lowest BCUT2D eigenvalue weighted by molar-refractivity contribution is 0.0592. The van der Waals surface area contributed by atoms with E-state index in [9.17, 15) is 4.79 Å². The molecular formula is C11H19N3O3. The maximum absolute atomic E-state index is 11.6. The van der Waals surface area contributed by atoms with Crippen LogP contribution >= 0.6 is 0 Å². The molecule has 1 rings (SSSR count). The van der Waals surface area contributed by atoms with Crippen LogP contribution in [0.4, 0.5) is 0 Å². The minimum absolute atomic E-state index is 0.0308. The highest BCUT2D eigenvalue weighted by Gasteiger charge is 2.24. The molecule has 0 saturated carbocycles. The van der Waals surface area contributed by atoms with E-state index in [1.807, 2.05) is 20.8 Å². The Bertz CT molecular complexity index is 387. The second-order valence-electron chi connectivity index (χ2n) is 4.22. The van der Waals surface area contributed by atoms with Gasteiger partial charge in [-0.05, 0) is 12.8 Å². The normalized spacial score (nSPS) is 12.8. The first-order valence-corrected chi connectivity index (χ1v) is 5.55. The van der Waals surface area contributed by atoms with Crippen molar-refractivity contribution in [2.24, 2.45) is 0 Å². The van der Waals surface area contributed by atoms with Gasteiger partial charge in [-0.2, -0.15) is 0 Å². The number of rotatable bonds is 5. The molecule has 0 aliphatic rings. The number of esters is 1. The fourth-order valence-corrected chi connectivity index (χ4v) is 1.72. The Balaban J connectivity index is 3.15. The number of aromatic nitrogens is 3. The minimum Gasteiger partial charge on any atom is -0.464 e. The van der Waals surface area contributed by atoms with Crippen molar-refractivity contribution < 1.29 is 14.3 Å². The molecule has 1 heterocycles. The Kier molecular flexibility index (Phi) is 4.62. The summed E-state index contributed by atoms with van der Waals surface area (Å²) in [6.45, 7) is 6.46. The predicted octanol–water partition coefficient (Wildman–Crippen LogP) is 1.40. The maximum atomic E-state index is 11.6. The average molecular weight is 241 g/mol. The van der Waals surface area contributed by atoms with E-state index in [1.54, 1.807) is 11.8 Å². The molecule has 1 aromatic rings. The number of hydrogen-bond donors (Lipinski definition) is 0. The van der Waals surface area contributed by atoms with Crippen molar-refractivity contribution in [3.05, 3.63) is 11.4 Å². The van der Waals surface area contributed by atoms with Crippen molar-refractivity contribution in [1.82, 2.24) is 15.0 Å². The highest BCUT2D eigenvalue weighted by molar-refractivity contribution is 5.88. The first-order valence-electron chi connectivity index (χ1n) is 5.55. The zero-order valence-corrected chi connectivity index (χ0v) is 10.9. The van der Waals surface area contributed by atoms with E-state index in [4.69, 9.17) is 9.47 Å². The van der Waals surface area contributed by atoms with Crippen LogP contribution in [-0.4, -0.2) is 41.8 Å². The van der Waals surface area contributed by atoms with Gasteiger partial charge < -0.3 is 9.47 Å². The summed E-state index contributed by atoms with van der Waals surface area (Å²) in [6, 6.07) is 0.0308. The van der Waals surface area contributed by atoms with Gasteiger partial charge in [0.1, 0.15) is 0 Å². The number of nitrogens with zero attached hydrogens (tertiary/aromatic N) is 3. The smallest absolute Gasteiger partial charge is 0.360 e. The van der Waals surface area contributed by atoms with Crippen LogP contribution < -0.4 is 0 Å². The van der Waals surface area contributed by atoms with Crippen LogP contribution in [0.3, 0.4) is 0 Å². The summed E-state index contributed by atoms with van der Waals surface area (Å²) in [5.74, 6) is -0.317. The molecule has 17 heavy (non-hydrogen) atoms. The van der Waals surface area contributed by atoms with Crippen LogP contribution in [0.1, 0.15) is 48.9 Å². The Morgan fingerprint density at radius 3 is 2.47 bits per heavy atom. The van der Waals surface area contributed by atoms with Crippen molar-refractivity contribution >= 4 is 5.97 Å². The summed E-state index contributed by atoms with van der Waals surface area (Å²) in [6.07, 6.45) is 0. The Hall–Kier alpha value is -1.43. The van der Waals surface area contributed by atoms with Crippen LogP contribution in [0.15, 0.2) is 0 Å². The van der Waals surface area contributed by atoms with Crippen molar-refractivity contribution in [2.45, 2.75) is 32.7 Å². The summed E-state index contributed by atoms with van der Waals surface area (Å²) in [4.78, 5) is 11.6. The Morgan fingerprint density at radius 2 is 2.00 bits per heavy atom. The summed E-state index contributed by atoms with van der Waals surface area (Å²) in [5.41, 5.74) is 1.06. The van der Waals surface area contributed by atoms with E-state index in [-0.39, 0.29) is 17.7 Å². The quantitative estimate of drug-likeness (QED) is 0.729. The van der Waals surface area contributed by atoms with Gasteiger partial charge in [0.05, 0.1) is 25.5 Å². The molecule has 0 bridgehead atoms. The fourth-order valence-electron chi connectivity index (χ4n) is 1.72. The van der Waals surface area contributed by atoms with E-state index in [2.05, 4.69) is 10.3 Å². The highest BCUT2D eigenvalue weighted by Crippen LogP contribution is 2.21. The van der Waals surface area contributed by atoms with E-state index < -0.39 is 5.97 Å². The van der Waals surface area contributed by atoms with Crippen molar-refractivity contribution in [3.63, 3.8) is 0 Å². The second kappa shape index (κ2) is 5.77. The third-order valence-electron chi connectivity index (χ3n) is 2.48. The largest absolute Gasteiger partial charge is 0.464 e. The van der Waals surface area contributed by atoms with E-state index in [0.717, 1.165) is 5.69 Å². The molecule has 1 aromatic heterocycles. The molecule has 0 fully saturated rings. The van der Waals surface area contributed by atoms with Gasteiger partial charge in [-0.25, -0.2) is 9.48 Å². The SMILES string of the molecule is COCC(C)n1nnc(C(=O)OC)c1C(C)C. The summed E-state index contributed by atoms with van der Waals surface area (Å²) < 4.78 is 11.5. The lowest BCUT2D eigenvalue weighted by Gasteiger charge is -2.16. The predicted molar refractivity (Wildman–Crippen MR) is 62.0 cm³/mol. The lowest BCUT2D eigenvalue weighted by Crippen LogP contribution is -2.17. The van der Waals surface area contributed by atoms with Crippen LogP contribution in [0.2, 0.25) is 0 Å². The second-order valence-corrected chi connectivity index (χ2v) is 4.22. The molecule has 1 atom stereocenters. The number of ether oxygens (including phenoxy) is 2. The molecule has 6 heteroatoms. The van der Waals surface area contributed by atoms with Crippen LogP contribution in [0, 0.1) is 0 Å². The van der Waals surface area contributed by atoms with Crippen LogP contribution in [0.5, 0.6) is 0 Å². The van der Waals surface area contributed by atoms with Gasteiger partial charge in [0, 0.05) is 7.11 Å². The molecule has 0 aromatic carbocycles. The fraction of sp³-hybridized carbons (Fsp3) is 0.727. The van der Waals surface area contributed by atoms with E-state index in [0.29, 0.717) is 6.61 Å². The zero-order chi connectivity index (χ0) is 13.0. The van der Waals surface area contributed by atoms with Crippen molar-refractivity contribution in [2.75, 3.05) is 20.8 Å². The number of hydrogen-bond acceptors (Lipinski definition) is 5. The van der Waals surface area contributed by atoms with Crippen LogP contribution in [0.25, 0.3) is 0 Å². The summed E-state index contributed by atoms with van der Waals surface area (Å²) >= 11 is 0. The molecule has 0 aliphatic heterocycles. The lowest BCUT2D eigenvalue weighted by atomic mass is 10.1. The van der Waals surface area contributed by atoms with Crippen molar-refractivity contribution in [3.8, 4) is 0 Å². The standard InChI is InChI=1S/C11H19N3O3/c1-7(2)10-9(11(15)17-5)12-13-14(10)8(3)6-16-4/h7-8H,6H2,1-5H3. The topological polar surface area (TPSA) is 66.2 Å². The van der Waals surface area contributed by atoms with Gasteiger partial charge >= 0.3 is 5.97 Å². The maximum Gasteiger partial charge on any atom is 0.360 e. The molecule has 0 aliphatic carbocycles. The first kappa shape index (κ1) is 13.6. The highest BCUT2D eigenvalue weighted by atomic mass is 16.5. The molecule has 0 amide bonds. The van der Waals surface area contributed by atoms with Crippen molar-refractivity contribution in [1.29, 1.82) is 0 Å². The van der Waals surface area contributed by atoms with Gasteiger partial charge in [0.25, 0.3) is 0 Å². The van der Waals surface area contributed by atoms with Crippen LogP contribution in [-0.2, 0) is 9.47 Å². The number of methoxy groups -OCH3 is 2. The molecule has 96 valence electrons. The van der Waals surface area contributed by atoms with Gasteiger partial charge in [-0.3, -0.25) is 0 Å². The van der Waals surface area contributed by atoms with Gasteiger partial charge in [0.15, 0.2) is 5.69 Å². The molecular weight excluding hydrogens is 222 g/mol. The van der Waals surface area contributed by atoms with Gasteiger partial charge in [-0.1, -0.05) is 19.1 Å². The first-order chi connectivity index (χ1) is 8.02. The van der Waals surface area contributed by atoms with Gasteiger partial charge in [0.2, 0.25) is 0 Å². The number of carbonyl (C=O) groups is 1. The molecule has 1 unspecified atom stereocenters. The third kappa shape index (κ3) is 2.82. The molecule has 0 saturated heterocycles. The molecule has 6 nitrogen and oxygen atoms in total. The molecule has 0 radical (unpaired) electrons. The molecule has 0 spiro atoms. The summed E-state index contributed by atoms with van der Waals surface area (Å²) in [5, 5.41) is 7.91. The molecule has 0 N–H and O–H groups in total. The third-order valence-corrected chi connectivity index (χ3v) is 2.48. The summed E-state index contributed by atoms with van der Waals surface area (Å²) in [7, 11) is 2.97. The van der Waals surface area contributed by atoms with E-state index in [1.165, 1.54) is 7.11 Å². The zero-order valence-electron chi connectivity index (χ0n) is 10.9. The van der Waals surface area contributed by atoms with Gasteiger partial charge in [-0.15, -0.1) is 5.10 Å². The Morgan fingerprint density at radius 1 is 1.35 bits per heavy atom. The monoisotopic (exact) mass is 241 g/mol. The minimum atomic E-state index is -0.454. The van der Waals surface area contributed by atoms with E-state index >= 15 is 0 Å². The Labute approximate surface area is 101 Å². The average Bonchev–Trinajstić information content (AvgIpc) is 2.72.